The molecular weight excluding hydrogens is 374 g/mol. The first-order valence-corrected chi connectivity index (χ1v) is 10.1. The number of hydrogen-bond donors (Lipinski definition) is 2. The monoisotopic (exact) mass is 399 g/mol. The van der Waals surface area contributed by atoms with E-state index in [1.165, 1.54) is 16.4 Å². The highest BCUT2D eigenvalue weighted by Gasteiger charge is 2.20. The minimum absolute atomic E-state index is 0.0460. The summed E-state index contributed by atoms with van der Waals surface area (Å²) in [6.07, 6.45) is 0. The van der Waals surface area contributed by atoms with Gasteiger partial charge in [-0.1, -0.05) is 55.9 Å². The fourth-order valence-corrected chi connectivity index (χ4v) is 3.65. The van der Waals surface area contributed by atoms with Crippen LogP contribution in [0.25, 0.3) is 5.95 Å². The Labute approximate surface area is 168 Å². The van der Waals surface area contributed by atoms with Crippen molar-refractivity contribution < 1.29 is 4.79 Å². The van der Waals surface area contributed by atoms with E-state index < -0.39 is 0 Å². The maximum absolute atomic E-state index is 12.5. The summed E-state index contributed by atoms with van der Waals surface area (Å²) in [5.41, 5.74) is 2.87. The SMILES string of the molecule is Cc1cc(C)n(-c2nnc(SCC(=O)NC(c3ccccc3)C(C)C)n2N)n1. The first-order chi connectivity index (χ1) is 13.4. The molecule has 0 saturated heterocycles. The summed E-state index contributed by atoms with van der Waals surface area (Å²) in [4.78, 5) is 12.5. The minimum atomic E-state index is -0.0804. The van der Waals surface area contributed by atoms with Crippen LogP contribution in [0.1, 0.15) is 36.8 Å². The third-order valence-electron chi connectivity index (χ3n) is 4.32. The number of hydrogen-bond acceptors (Lipinski definition) is 6. The van der Waals surface area contributed by atoms with Crippen LogP contribution in [0.5, 0.6) is 0 Å². The van der Waals surface area contributed by atoms with Crippen molar-refractivity contribution in [2.24, 2.45) is 5.92 Å². The fourth-order valence-electron chi connectivity index (χ4n) is 2.98. The van der Waals surface area contributed by atoms with Crippen LogP contribution >= 0.6 is 11.8 Å². The molecule has 0 saturated carbocycles. The third kappa shape index (κ3) is 4.36. The van der Waals surface area contributed by atoms with Crippen molar-refractivity contribution in [1.29, 1.82) is 0 Å². The molecule has 2 aromatic heterocycles. The van der Waals surface area contributed by atoms with E-state index in [1.807, 2.05) is 50.2 Å². The lowest BCUT2D eigenvalue weighted by Gasteiger charge is -2.22. The molecule has 1 amide bonds. The quantitative estimate of drug-likeness (QED) is 0.467. The van der Waals surface area contributed by atoms with Crippen molar-refractivity contribution in [3.63, 3.8) is 0 Å². The molecule has 1 aromatic carbocycles. The Morgan fingerprint density at radius 3 is 2.54 bits per heavy atom. The van der Waals surface area contributed by atoms with E-state index in [2.05, 4.69) is 34.5 Å². The van der Waals surface area contributed by atoms with Crippen LogP contribution in [-0.2, 0) is 4.79 Å². The molecule has 28 heavy (non-hydrogen) atoms. The standard InChI is InChI=1S/C19H25N7OS/c1-12(2)17(15-8-6-5-7-9-15)21-16(27)11-28-19-23-22-18(25(19)20)26-14(4)10-13(3)24-26/h5-10,12,17H,11,20H2,1-4H3,(H,21,27). The lowest BCUT2D eigenvalue weighted by molar-refractivity contribution is -0.119. The van der Waals surface area contributed by atoms with Gasteiger partial charge in [0, 0.05) is 5.69 Å². The van der Waals surface area contributed by atoms with E-state index in [0.717, 1.165) is 17.0 Å². The number of rotatable bonds is 7. The van der Waals surface area contributed by atoms with E-state index in [-0.39, 0.29) is 23.6 Å². The number of benzene rings is 1. The average molecular weight is 400 g/mol. The zero-order chi connectivity index (χ0) is 20.3. The number of aromatic nitrogens is 5. The Hall–Kier alpha value is -2.81. The second kappa shape index (κ2) is 8.47. The molecule has 0 radical (unpaired) electrons. The number of nitrogen functional groups attached to an aromatic ring is 1. The molecule has 9 heteroatoms. The van der Waals surface area contributed by atoms with E-state index in [9.17, 15) is 4.79 Å². The number of nitrogens with two attached hydrogens (primary N) is 1. The molecule has 0 fully saturated rings. The van der Waals surface area contributed by atoms with E-state index in [0.29, 0.717) is 11.1 Å². The van der Waals surface area contributed by atoms with Gasteiger partial charge < -0.3 is 11.2 Å². The largest absolute Gasteiger partial charge is 0.348 e. The summed E-state index contributed by atoms with van der Waals surface area (Å²) in [7, 11) is 0. The van der Waals surface area contributed by atoms with Crippen LogP contribution in [0.2, 0.25) is 0 Å². The number of amides is 1. The Morgan fingerprint density at radius 2 is 1.93 bits per heavy atom. The highest BCUT2D eigenvalue weighted by atomic mass is 32.2. The highest BCUT2D eigenvalue weighted by molar-refractivity contribution is 7.99. The summed E-state index contributed by atoms with van der Waals surface area (Å²) in [5, 5.41) is 16.1. The van der Waals surface area contributed by atoms with Gasteiger partial charge in [0.25, 0.3) is 5.95 Å². The van der Waals surface area contributed by atoms with Crippen molar-refractivity contribution in [3.05, 3.63) is 53.3 Å². The van der Waals surface area contributed by atoms with Gasteiger partial charge in [-0.05, 0) is 31.4 Å². The van der Waals surface area contributed by atoms with Gasteiger partial charge in [-0.25, -0.2) is 9.36 Å². The highest BCUT2D eigenvalue weighted by Crippen LogP contribution is 2.22. The molecular formula is C19H25N7OS. The second-order valence-corrected chi connectivity index (χ2v) is 7.92. The smallest absolute Gasteiger partial charge is 0.271 e. The fraction of sp³-hybridized carbons (Fsp3) is 0.368. The molecule has 3 aromatic rings. The van der Waals surface area contributed by atoms with E-state index in [1.54, 1.807) is 4.68 Å². The van der Waals surface area contributed by atoms with Crippen molar-refractivity contribution in [1.82, 2.24) is 30.0 Å². The number of aryl methyl sites for hydroxylation is 2. The van der Waals surface area contributed by atoms with Gasteiger partial charge in [0.2, 0.25) is 11.1 Å². The zero-order valence-corrected chi connectivity index (χ0v) is 17.3. The predicted molar refractivity (Wildman–Crippen MR) is 110 cm³/mol. The van der Waals surface area contributed by atoms with Gasteiger partial charge in [-0.15, -0.1) is 10.2 Å². The Kier molecular flexibility index (Phi) is 6.03. The van der Waals surface area contributed by atoms with Gasteiger partial charge in [-0.2, -0.15) is 5.10 Å². The van der Waals surface area contributed by atoms with E-state index in [4.69, 9.17) is 5.84 Å². The molecule has 3 N–H and O–H groups in total. The lowest BCUT2D eigenvalue weighted by Crippen LogP contribution is -2.33. The van der Waals surface area contributed by atoms with Crippen LogP contribution in [0, 0.1) is 19.8 Å². The Bertz CT molecular complexity index is 949. The zero-order valence-electron chi connectivity index (χ0n) is 16.5. The summed E-state index contributed by atoms with van der Waals surface area (Å²) in [6, 6.07) is 11.9. The first-order valence-electron chi connectivity index (χ1n) is 9.08. The topological polar surface area (TPSA) is 104 Å². The maximum atomic E-state index is 12.5. The van der Waals surface area contributed by atoms with Crippen LogP contribution in [0.15, 0.2) is 41.6 Å². The summed E-state index contributed by atoms with van der Waals surface area (Å²) in [5.74, 6) is 6.92. The summed E-state index contributed by atoms with van der Waals surface area (Å²) in [6.45, 7) is 7.99. The molecule has 1 unspecified atom stereocenters. The number of carbonyl (C=O) groups is 1. The van der Waals surface area contributed by atoms with E-state index >= 15 is 0 Å². The van der Waals surface area contributed by atoms with Crippen molar-refractivity contribution in [2.45, 2.75) is 38.9 Å². The van der Waals surface area contributed by atoms with Crippen molar-refractivity contribution in [3.8, 4) is 5.95 Å². The van der Waals surface area contributed by atoms with Gasteiger partial charge in [0.05, 0.1) is 17.5 Å². The first kappa shape index (κ1) is 19.9. The number of carbonyl (C=O) groups excluding carboxylic acids is 1. The van der Waals surface area contributed by atoms with Crippen LogP contribution in [0.4, 0.5) is 0 Å². The maximum Gasteiger partial charge on any atom is 0.271 e. The van der Waals surface area contributed by atoms with Crippen LogP contribution in [0.3, 0.4) is 0 Å². The van der Waals surface area contributed by atoms with Gasteiger partial charge in [0.15, 0.2) is 0 Å². The normalized spacial score (nSPS) is 12.3. The Morgan fingerprint density at radius 1 is 1.21 bits per heavy atom. The van der Waals surface area contributed by atoms with Gasteiger partial charge in [-0.3, -0.25) is 4.79 Å². The average Bonchev–Trinajstić information content (AvgIpc) is 3.19. The Balaban J connectivity index is 1.66. The second-order valence-electron chi connectivity index (χ2n) is 6.98. The molecule has 0 aliphatic carbocycles. The minimum Gasteiger partial charge on any atom is -0.348 e. The molecule has 3 rings (SSSR count). The summed E-state index contributed by atoms with van der Waals surface area (Å²) >= 11 is 1.24. The lowest BCUT2D eigenvalue weighted by atomic mass is 9.96. The van der Waals surface area contributed by atoms with Crippen molar-refractivity contribution in [2.75, 3.05) is 11.6 Å². The van der Waals surface area contributed by atoms with Crippen LogP contribution in [-0.4, -0.2) is 36.3 Å². The van der Waals surface area contributed by atoms with Gasteiger partial charge in [0.1, 0.15) is 0 Å². The predicted octanol–water partition coefficient (Wildman–Crippen LogP) is 2.40. The third-order valence-corrected chi connectivity index (χ3v) is 5.26. The molecule has 0 aliphatic heterocycles. The number of nitrogens with one attached hydrogen (secondary N) is 1. The number of nitrogens with zero attached hydrogens (tertiary/aromatic N) is 5. The molecule has 2 heterocycles. The van der Waals surface area contributed by atoms with Crippen molar-refractivity contribution >= 4 is 17.7 Å². The van der Waals surface area contributed by atoms with Crippen LogP contribution < -0.4 is 11.2 Å². The molecule has 1 atom stereocenters. The molecule has 8 nitrogen and oxygen atoms in total. The summed E-state index contributed by atoms with van der Waals surface area (Å²) < 4.78 is 2.99. The molecule has 0 spiro atoms. The molecule has 148 valence electrons. The number of thioether (sulfide) groups is 1. The molecule has 0 bridgehead atoms. The van der Waals surface area contributed by atoms with Gasteiger partial charge >= 0.3 is 0 Å². The molecule has 0 aliphatic rings.